The minimum atomic E-state index is -3.01. The molecule has 1 aliphatic heterocycles. The maximum absolute atomic E-state index is 11.6. The lowest BCUT2D eigenvalue weighted by molar-refractivity contribution is 0.0731. The maximum Gasteiger partial charge on any atom is 0.153 e. The van der Waals surface area contributed by atoms with E-state index in [9.17, 15) is 8.42 Å². The summed E-state index contributed by atoms with van der Waals surface area (Å²) in [5.41, 5.74) is 5.44. The van der Waals surface area contributed by atoms with Crippen LogP contribution in [0, 0.1) is 0 Å². The van der Waals surface area contributed by atoms with E-state index in [4.69, 9.17) is 10.5 Å². The average molecular weight is 207 g/mol. The van der Waals surface area contributed by atoms with Gasteiger partial charge in [0.15, 0.2) is 9.84 Å². The Labute approximate surface area is 79.4 Å². The van der Waals surface area contributed by atoms with Crippen molar-refractivity contribution in [1.29, 1.82) is 0 Å². The smallest absolute Gasteiger partial charge is 0.153 e. The summed E-state index contributed by atoms with van der Waals surface area (Å²) in [5, 5.41) is 0. The molecule has 2 N–H and O–H groups in total. The van der Waals surface area contributed by atoms with Crippen molar-refractivity contribution in [3.63, 3.8) is 0 Å². The van der Waals surface area contributed by atoms with Crippen LogP contribution < -0.4 is 5.73 Å². The molecule has 13 heavy (non-hydrogen) atoms. The Morgan fingerprint density at radius 2 is 1.92 bits per heavy atom. The molecular formula is C8H17NO3S. The Bertz CT molecular complexity index is 249. The summed E-state index contributed by atoms with van der Waals surface area (Å²) in [6.45, 7) is 1.49. The van der Waals surface area contributed by atoms with Crippen molar-refractivity contribution in [1.82, 2.24) is 0 Å². The lowest BCUT2D eigenvalue weighted by Crippen LogP contribution is -2.44. The minimum Gasteiger partial charge on any atom is -0.381 e. The van der Waals surface area contributed by atoms with Gasteiger partial charge >= 0.3 is 0 Å². The first kappa shape index (κ1) is 10.9. The average Bonchev–Trinajstić information content (AvgIpc) is 2.04. The molecule has 1 saturated heterocycles. The molecule has 0 bridgehead atoms. The van der Waals surface area contributed by atoms with Crippen LogP contribution in [-0.4, -0.2) is 39.2 Å². The van der Waals surface area contributed by atoms with Crippen LogP contribution in [0.5, 0.6) is 0 Å². The van der Waals surface area contributed by atoms with Gasteiger partial charge < -0.3 is 10.5 Å². The molecule has 0 unspecified atom stereocenters. The Balaban J connectivity index is 2.86. The third-order valence-electron chi connectivity index (χ3n) is 2.79. The first-order valence-electron chi connectivity index (χ1n) is 4.49. The van der Waals surface area contributed by atoms with Crippen LogP contribution in [0.3, 0.4) is 0 Å². The molecule has 1 rings (SSSR count). The second-order valence-corrected chi connectivity index (χ2v) is 6.02. The number of ether oxygens (including phenoxy) is 1. The summed E-state index contributed by atoms with van der Waals surface area (Å²) in [5.74, 6) is 0. The Morgan fingerprint density at radius 3 is 2.31 bits per heavy atom. The maximum atomic E-state index is 11.6. The van der Waals surface area contributed by atoms with Crippen molar-refractivity contribution >= 4 is 9.84 Å². The van der Waals surface area contributed by atoms with Crippen LogP contribution in [0.25, 0.3) is 0 Å². The molecular weight excluding hydrogens is 190 g/mol. The second kappa shape index (κ2) is 3.94. The van der Waals surface area contributed by atoms with Gasteiger partial charge in [-0.2, -0.15) is 0 Å². The lowest BCUT2D eigenvalue weighted by atomic mass is 9.95. The zero-order valence-electron chi connectivity index (χ0n) is 7.95. The number of hydrogen-bond acceptors (Lipinski definition) is 4. The van der Waals surface area contributed by atoms with Crippen LogP contribution in [0.4, 0.5) is 0 Å². The summed E-state index contributed by atoms with van der Waals surface area (Å²) >= 11 is 0. The molecule has 0 aromatic carbocycles. The molecule has 0 spiro atoms. The van der Waals surface area contributed by atoms with Gasteiger partial charge in [-0.05, 0) is 25.8 Å². The highest BCUT2D eigenvalue weighted by atomic mass is 32.2. The zero-order chi connectivity index (χ0) is 9.95. The highest BCUT2D eigenvalue weighted by Gasteiger charge is 2.41. The van der Waals surface area contributed by atoms with Crippen LogP contribution in [0.2, 0.25) is 0 Å². The van der Waals surface area contributed by atoms with Gasteiger partial charge in [-0.3, -0.25) is 0 Å². The van der Waals surface area contributed by atoms with Crippen molar-refractivity contribution in [2.24, 2.45) is 5.73 Å². The van der Waals surface area contributed by atoms with Crippen molar-refractivity contribution in [2.75, 3.05) is 26.0 Å². The van der Waals surface area contributed by atoms with E-state index < -0.39 is 14.6 Å². The molecule has 0 aromatic rings. The third-order valence-corrected chi connectivity index (χ3v) is 4.98. The lowest BCUT2D eigenvalue weighted by Gasteiger charge is -2.35. The Hall–Kier alpha value is -0.130. The molecule has 1 aliphatic rings. The molecule has 5 heteroatoms. The van der Waals surface area contributed by atoms with Gasteiger partial charge in [-0.25, -0.2) is 8.42 Å². The predicted molar refractivity (Wildman–Crippen MR) is 51.3 cm³/mol. The summed E-state index contributed by atoms with van der Waals surface area (Å²) in [7, 11) is -3.01. The molecule has 78 valence electrons. The van der Waals surface area contributed by atoms with Gasteiger partial charge in [0.2, 0.25) is 0 Å². The zero-order valence-corrected chi connectivity index (χ0v) is 8.77. The van der Waals surface area contributed by atoms with E-state index in [0.717, 1.165) is 0 Å². The van der Waals surface area contributed by atoms with Crippen molar-refractivity contribution < 1.29 is 13.2 Å². The van der Waals surface area contributed by atoms with E-state index in [0.29, 0.717) is 39.0 Å². The summed E-state index contributed by atoms with van der Waals surface area (Å²) < 4.78 is 27.7. The summed E-state index contributed by atoms with van der Waals surface area (Å²) in [6.07, 6.45) is 3.02. The normalized spacial score (nSPS) is 22.9. The second-order valence-electron chi connectivity index (χ2n) is 3.61. The van der Waals surface area contributed by atoms with Gasteiger partial charge in [0, 0.05) is 19.5 Å². The van der Waals surface area contributed by atoms with E-state index in [2.05, 4.69) is 0 Å². The molecule has 1 heterocycles. The van der Waals surface area contributed by atoms with Crippen molar-refractivity contribution in [3.8, 4) is 0 Å². The molecule has 4 nitrogen and oxygen atoms in total. The molecule has 1 fully saturated rings. The van der Waals surface area contributed by atoms with Gasteiger partial charge in [0.05, 0.1) is 4.75 Å². The molecule has 0 aromatic heterocycles. The van der Waals surface area contributed by atoms with Crippen LogP contribution in [-0.2, 0) is 14.6 Å². The Kier molecular flexibility index (Phi) is 3.32. The molecule has 0 atom stereocenters. The van der Waals surface area contributed by atoms with Crippen molar-refractivity contribution in [2.45, 2.75) is 24.0 Å². The number of sulfone groups is 1. The number of nitrogens with two attached hydrogens (primary N) is 1. The number of hydrogen-bond donors (Lipinski definition) is 1. The van der Waals surface area contributed by atoms with Crippen LogP contribution in [0.15, 0.2) is 0 Å². The first-order valence-corrected chi connectivity index (χ1v) is 6.38. The minimum absolute atomic E-state index is 0.424. The fourth-order valence-corrected chi connectivity index (χ4v) is 3.21. The van der Waals surface area contributed by atoms with Crippen LogP contribution >= 0.6 is 0 Å². The summed E-state index contributed by atoms with van der Waals surface area (Å²) in [6, 6.07) is 0. The SMILES string of the molecule is CS(=O)(=O)C1(CCN)CCOCC1. The fraction of sp³-hybridized carbons (Fsp3) is 1.00. The monoisotopic (exact) mass is 207 g/mol. The predicted octanol–water partition coefficient (Wildman–Crippen LogP) is -0.0710. The van der Waals surface area contributed by atoms with E-state index in [1.807, 2.05) is 0 Å². The van der Waals surface area contributed by atoms with Gasteiger partial charge in [0.1, 0.15) is 0 Å². The van der Waals surface area contributed by atoms with Crippen LogP contribution in [0.1, 0.15) is 19.3 Å². The number of rotatable bonds is 3. The van der Waals surface area contributed by atoms with E-state index in [-0.39, 0.29) is 0 Å². The van der Waals surface area contributed by atoms with E-state index in [1.54, 1.807) is 0 Å². The van der Waals surface area contributed by atoms with E-state index in [1.165, 1.54) is 6.26 Å². The largest absolute Gasteiger partial charge is 0.381 e. The third kappa shape index (κ3) is 2.21. The standard InChI is InChI=1S/C8H17NO3S/c1-13(10,11)8(2-5-9)3-6-12-7-4-8/h2-7,9H2,1H3. The topological polar surface area (TPSA) is 69.4 Å². The Morgan fingerprint density at radius 1 is 1.38 bits per heavy atom. The summed E-state index contributed by atoms with van der Waals surface area (Å²) in [4.78, 5) is 0. The molecule has 0 aliphatic carbocycles. The fourth-order valence-electron chi connectivity index (χ4n) is 1.81. The molecule has 0 saturated carbocycles. The van der Waals surface area contributed by atoms with Gasteiger partial charge in [0.25, 0.3) is 0 Å². The van der Waals surface area contributed by atoms with E-state index >= 15 is 0 Å². The highest BCUT2D eigenvalue weighted by molar-refractivity contribution is 7.92. The first-order chi connectivity index (χ1) is 6.02. The molecule has 0 radical (unpaired) electrons. The van der Waals surface area contributed by atoms with Crippen molar-refractivity contribution in [3.05, 3.63) is 0 Å². The van der Waals surface area contributed by atoms with Gasteiger partial charge in [-0.1, -0.05) is 0 Å². The quantitative estimate of drug-likeness (QED) is 0.703. The molecule has 0 amide bonds. The highest BCUT2D eigenvalue weighted by Crippen LogP contribution is 2.31. The van der Waals surface area contributed by atoms with Gasteiger partial charge in [-0.15, -0.1) is 0 Å².